The first-order valence-electron chi connectivity index (χ1n) is 6.62. The SMILES string of the molecule is CC1(c2nc(N3CCCCC3)no2)CCCN1. The molecule has 2 aliphatic rings. The minimum atomic E-state index is -0.110. The van der Waals surface area contributed by atoms with Crippen LogP contribution in [0, 0.1) is 0 Å². The molecule has 1 aromatic heterocycles. The van der Waals surface area contributed by atoms with Crippen LogP contribution in [0.3, 0.4) is 0 Å². The molecule has 3 rings (SSSR count). The first-order chi connectivity index (χ1) is 8.28. The van der Waals surface area contributed by atoms with E-state index in [1.165, 1.54) is 25.7 Å². The molecular weight excluding hydrogens is 216 g/mol. The summed E-state index contributed by atoms with van der Waals surface area (Å²) < 4.78 is 5.44. The van der Waals surface area contributed by atoms with E-state index >= 15 is 0 Å². The zero-order valence-electron chi connectivity index (χ0n) is 10.4. The minimum absolute atomic E-state index is 0.110. The second-order valence-electron chi connectivity index (χ2n) is 5.31. The summed E-state index contributed by atoms with van der Waals surface area (Å²) in [7, 11) is 0. The van der Waals surface area contributed by atoms with Crippen molar-refractivity contribution in [2.45, 2.75) is 44.6 Å². The summed E-state index contributed by atoms with van der Waals surface area (Å²) in [5.41, 5.74) is -0.110. The lowest BCUT2D eigenvalue weighted by Crippen LogP contribution is -2.34. The van der Waals surface area contributed by atoms with Gasteiger partial charge in [0.2, 0.25) is 5.89 Å². The zero-order chi connectivity index (χ0) is 11.7. The summed E-state index contributed by atoms with van der Waals surface area (Å²) in [5.74, 6) is 1.52. The van der Waals surface area contributed by atoms with Gasteiger partial charge in [-0.05, 0) is 50.7 Å². The predicted octanol–water partition coefficient (Wildman–Crippen LogP) is 1.66. The van der Waals surface area contributed by atoms with Gasteiger partial charge in [-0.1, -0.05) is 0 Å². The van der Waals surface area contributed by atoms with Crippen LogP contribution in [-0.2, 0) is 5.54 Å². The average molecular weight is 236 g/mol. The number of anilines is 1. The van der Waals surface area contributed by atoms with Crippen LogP contribution >= 0.6 is 0 Å². The summed E-state index contributed by atoms with van der Waals surface area (Å²) in [6, 6.07) is 0. The number of aromatic nitrogens is 2. The summed E-state index contributed by atoms with van der Waals surface area (Å²) in [5, 5.41) is 7.58. The Morgan fingerprint density at radius 1 is 1.24 bits per heavy atom. The second kappa shape index (κ2) is 4.29. The summed E-state index contributed by atoms with van der Waals surface area (Å²) in [6.45, 7) is 5.30. The van der Waals surface area contributed by atoms with Crippen LogP contribution in [-0.4, -0.2) is 29.8 Å². The van der Waals surface area contributed by atoms with Crippen molar-refractivity contribution in [2.24, 2.45) is 0 Å². The van der Waals surface area contributed by atoms with E-state index in [9.17, 15) is 0 Å². The molecule has 2 aliphatic heterocycles. The van der Waals surface area contributed by atoms with Crippen molar-refractivity contribution in [3.05, 3.63) is 5.89 Å². The van der Waals surface area contributed by atoms with Gasteiger partial charge in [-0.3, -0.25) is 0 Å². The molecule has 5 heteroatoms. The van der Waals surface area contributed by atoms with Crippen molar-refractivity contribution in [1.29, 1.82) is 0 Å². The lowest BCUT2D eigenvalue weighted by atomic mass is 10.0. The fraction of sp³-hybridized carbons (Fsp3) is 0.833. The molecular formula is C12H20N4O. The molecule has 1 aromatic rings. The van der Waals surface area contributed by atoms with Gasteiger partial charge in [0.25, 0.3) is 5.95 Å². The van der Waals surface area contributed by atoms with Crippen molar-refractivity contribution in [3.8, 4) is 0 Å². The van der Waals surface area contributed by atoms with Crippen LogP contribution in [0.4, 0.5) is 5.95 Å². The van der Waals surface area contributed by atoms with Gasteiger partial charge in [0.15, 0.2) is 0 Å². The van der Waals surface area contributed by atoms with E-state index < -0.39 is 0 Å². The van der Waals surface area contributed by atoms with Gasteiger partial charge in [-0.15, -0.1) is 0 Å². The monoisotopic (exact) mass is 236 g/mol. The van der Waals surface area contributed by atoms with Gasteiger partial charge >= 0.3 is 0 Å². The van der Waals surface area contributed by atoms with Crippen molar-refractivity contribution in [1.82, 2.24) is 15.5 Å². The molecule has 0 saturated carbocycles. The lowest BCUT2D eigenvalue weighted by Gasteiger charge is -2.24. The predicted molar refractivity (Wildman–Crippen MR) is 65.0 cm³/mol. The Morgan fingerprint density at radius 2 is 2.06 bits per heavy atom. The van der Waals surface area contributed by atoms with Gasteiger partial charge in [0.1, 0.15) is 0 Å². The van der Waals surface area contributed by atoms with E-state index in [-0.39, 0.29) is 5.54 Å². The van der Waals surface area contributed by atoms with Crippen LogP contribution in [0.25, 0.3) is 0 Å². The third-order valence-electron chi connectivity index (χ3n) is 3.89. The number of nitrogens with zero attached hydrogens (tertiary/aromatic N) is 3. The van der Waals surface area contributed by atoms with Crippen molar-refractivity contribution in [2.75, 3.05) is 24.5 Å². The Morgan fingerprint density at radius 3 is 2.76 bits per heavy atom. The molecule has 0 bridgehead atoms. The fourth-order valence-electron chi connectivity index (χ4n) is 2.74. The molecule has 17 heavy (non-hydrogen) atoms. The highest BCUT2D eigenvalue weighted by molar-refractivity contribution is 5.29. The molecule has 0 spiro atoms. The number of hydrogen-bond acceptors (Lipinski definition) is 5. The molecule has 3 heterocycles. The highest BCUT2D eigenvalue weighted by Gasteiger charge is 2.36. The van der Waals surface area contributed by atoms with Crippen LogP contribution in [0.15, 0.2) is 4.52 Å². The molecule has 5 nitrogen and oxygen atoms in total. The largest absolute Gasteiger partial charge is 0.338 e. The maximum absolute atomic E-state index is 5.44. The molecule has 1 atom stereocenters. The summed E-state index contributed by atoms with van der Waals surface area (Å²) >= 11 is 0. The van der Waals surface area contributed by atoms with Gasteiger partial charge in [-0.2, -0.15) is 4.98 Å². The van der Waals surface area contributed by atoms with Crippen molar-refractivity contribution < 1.29 is 4.52 Å². The Bertz CT molecular complexity index is 378. The number of rotatable bonds is 2. The van der Waals surface area contributed by atoms with Crippen LogP contribution in [0.2, 0.25) is 0 Å². The number of piperidine rings is 1. The molecule has 2 fully saturated rings. The molecule has 0 aromatic carbocycles. The van der Waals surface area contributed by atoms with E-state index in [4.69, 9.17) is 4.52 Å². The highest BCUT2D eigenvalue weighted by Crippen LogP contribution is 2.30. The van der Waals surface area contributed by atoms with Crippen molar-refractivity contribution >= 4 is 5.95 Å². The van der Waals surface area contributed by atoms with E-state index in [1.54, 1.807) is 0 Å². The smallest absolute Gasteiger partial charge is 0.266 e. The normalized spacial score (nSPS) is 29.8. The first kappa shape index (κ1) is 11.0. The van der Waals surface area contributed by atoms with Crippen LogP contribution in [0.1, 0.15) is 44.9 Å². The first-order valence-corrected chi connectivity index (χ1v) is 6.62. The third-order valence-corrected chi connectivity index (χ3v) is 3.89. The Kier molecular flexibility index (Phi) is 2.78. The quantitative estimate of drug-likeness (QED) is 0.846. The van der Waals surface area contributed by atoms with Gasteiger partial charge < -0.3 is 14.7 Å². The molecule has 1 unspecified atom stereocenters. The van der Waals surface area contributed by atoms with E-state index in [0.717, 1.165) is 37.9 Å². The highest BCUT2D eigenvalue weighted by atomic mass is 16.5. The standard InChI is InChI=1S/C12H20N4O/c1-12(6-5-7-13-12)10-14-11(15-17-10)16-8-3-2-4-9-16/h13H,2-9H2,1H3. The van der Waals surface area contributed by atoms with Gasteiger partial charge in [-0.25, -0.2) is 0 Å². The Balaban J connectivity index is 1.77. The summed E-state index contributed by atoms with van der Waals surface area (Å²) in [4.78, 5) is 6.80. The lowest BCUT2D eigenvalue weighted by molar-refractivity contribution is 0.275. The van der Waals surface area contributed by atoms with Crippen LogP contribution < -0.4 is 10.2 Å². The molecule has 0 aliphatic carbocycles. The molecule has 0 radical (unpaired) electrons. The maximum atomic E-state index is 5.44. The zero-order valence-corrected chi connectivity index (χ0v) is 10.4. The van der Waals surface area contributed by atoms with Gasteiger partial charge in [0.05, 0.1) is 5.54 Å². The summed E-state index contributed by atoms with van der Waals surface area (Å²) in [6.07, 6.45) is 6.05. The van der Waals surface area contributed by atoms with Gasteiger partial charge in [0, 0.05) is 13.1 Å². The second-order valence-corrected chi connectivity index (χ2v) is 5.31. The Hall–Kier alpha value is -1.10. The molecule has 1 N–H and O–H groups in total. The Labute approximate surface area is 102 Å². The third kappa shape index (κ3) is 2.04. The number of nitrogens with one attached hydrogen (secondary N) is 1. The van der Waals surface area contributed by atoms with E-state index in [1.807, 2.05) is 0 Å². The topological polar surface area (TPSA) is 54.2 Å². The fourth-order valence-corrected chi connectivity index (χ4v) is 2.74. The maximum Gasteiger partial charge on any atom is 0.266 e. The number of hydrogen-bond donors (Lipinski definition) is 1. The van der Waals surface area contributed by atoms with Crippen LogP contribution in [0.5, 0.6) is 0 Å². The molecule has 2 saturated heterocycles. The molecule has 94 valence electrons. The minimum Gasteiger partial charge on any atom is -0.338 e. The molecule has 0 amide bonds. The van der Waals surface area contributed by atoms with E-state index in [0.29, 0.717) is 0 Å². The van der Waals surface area contributed by atoms with Crippen molar-refractivity contribution in [3.63, 3.8) is 0 Å². The average Bonchev–Trinajstić information content (AvgIpc) is 2.99. The van der Waals surface area contributed by atoms with E-state index in [2.05, 4.69) is 27.3 Å².